The SMILES string of the molecule is CCNC(=O)C(=C=c1sc(=C=CNc2cccc(OCCN3CCCCC3)c2)c(=O)n1CC)C#N. The van der Waals surface area contributed by atoms with Crippen molar-refractivity contribution in [3.05, 3.63) is 55.6 Å². The molecule has 9 heteroatoms. The summed E-state index contributed by atoms with van der Waals surface area (Å²) >= 11 is 1.13. The van der Waals surface area contributed by atoms with Crippen LogP contribution in [0.1, 0.15) is 33.1 Å². The number of nitrogens with zero attached hydrogens (tertiary/aromatic N) is 3. The summed E-state index contributed by atoms with van der Waals surface area (Å²) in [6, 6.07) is 9.48. The van der Waals surface area contributed by atoms with Gasteiger partial charge in [-0.3, -0.25) is 19.1 Å². The molecule has 0 radical (unpaired) electrons. The Balaban J connectivity index is 1.77. The Morgan fingerprint density at radius 2 is 2.06 bits per heavy atom. The van der Waals surface area contributed by atoms with Gasteiger partial charge in [0.25, 0.3) is 11.5 Å². The van der Waals surface area contributed by atoms with E-state index in [0.717, 1.165) is 42.4 Å². The number of anilines is 1. The van der Waals surface area contributed by atoms with Crippen LogP contribution in [-0.4, -0.2) is 48.2 Å². The van der Waals surface area contributed by atoms with Crippen molar-refractivity contribution >= 4 is 34.4 Å². The minimum atomic E-state index is -0.515. The molecule has 1 saturated heterocycles. The minimum Gasteiger partial charge on any atom is -0.492 e. The Labute approximate surface area is 209 Å². The molecular formula is C26H31N5O3S. The van der Waals surface area contributed by atoms with Crippen molar-refractivity contribution in [1.29, 1.82) is 5.26 Å². The van der Waals surface area contributed by atoms with E-state index in [9.17, 15) is 14.9 Å². The van der Waals surface area contributed by atoms with Gasteiger partial charge in [-0.2, -0.15) is 5.26 Å². The average molecular weight is 494 g/mol. The molecule has 1 aromatic heterocycles. The number of hydrogen-bond acceptors (Lipinski definition) is 7. The molecule has 2 heterocycles. The van der Waals surface area contributed by atoms with E-state index < -0.39 is 5.91 Å². The van der Waals surface area contributed by atoms with Crippen molar-refractivity contribution in [1.82, 2.24) is 14.8 Å². The molecule has 0 atom stereocenters. The number of nitriles is 1. The van der Waals surface area contributed by atoms with Gasteiger partial charge in [-0.1, -0.05) is 35.3 Å². The Hall–Kier alpha value is -3.53. The van der Waals surface area contributed by atoms with Crippen LogP contribution in [0.2, 0.25) is 0 Å². The maximum Gasteiger partial charge on any atom is 0.277 e. The van der Waals surface area contributed by atoms with Gasteiger partial charge in [-0.15, -0.1) is 0 Å². The molecule has 3 rings (SSSR count). The number of piperidine rings is 1. The van der Waals surface area contributed by atoms with Gasteiger partial charge in [-0.25, -0.2) is 0 Å². The second-order valence-corrected chi connectivity index (χ2v) is 8.97. The summed E-state index contributed by atoms with van der Waals surface area (Å²) in [4.78, 5) is 27.2. The molecular weight excluding hydrogens is 462 g/mol. The number of ether oxygens (including phenoxy) is 1. The molecule has 1 aliphatic heterocycles. The Morgan fingerprint density at radius 3 is 2.77 bits per heavy atom. The predicted molar refractivity (Wildman–Crippen MR) is 139 cm³/mol. The van der Waals surface area contributed by atoms with Gasteiger partial charge in [-0.05, 0) is 51.9 Å². The summed E-state index contributed by atoms with van der Waals surface area (Å²) in [5, 5.41) is 15.0. The van der Waals surface area contributed by atoms with Crippen molar-refractivity contribution in [2.75, 3.05) is 38.1 Å². The molecule has 0 saturated carbocycles. The first kappa shape index (κ1) is 26.1. The number of rotatable bonds is 9. The fourth-order valence-electron chi connectivity index (χ4n) is 3.71. The number of thiazole rings is 1. The van der Waals surface area contributed by atoms with Gasteiger partial charge in [0.2, 0.25) is 0 Å². The standard InChI is InChI=1S/C26H31N5O3S/c1-3-28-25(32)20(19-27)17-24-31(4-2)26(33)23(35-24)11-12-29-21-9-8-10-22(18-21)34-16-15-30-13-6-5-7-14-30/h8-10,12,18,29H,3-7,13-16H2,1-2H3,(H,28,32). The Kier molecular flexibility index (Phi) is 9.97. The second kappa shape index (κ2) is 13.4. The van der Waals surface area contributed by atoms with Crippen molar-refractivity contribution in [3.63, 3.8) is 0 Å². The quantitative estimate of drug-likeness (QED) is 0.408. The summed E-state index contributed by atoms with van der Waals surface area (Å²) < 4.78 is 8.13. The first-order valence-corrected chi connectivity index (χ1v) is 12.7. The van der Waals surface area contributed by atoms with Crippen LogP contribution in [0.4, 0.5) is 5.69 Å². The molecule has 35 heavy (non-hydrogen) atoms. The highest BCUT2D eigenvalue weighted by Crippen LogP contribution is 2.17. The molecule has 2 N–H and O–H groups in total. The number of hydrogen-bond donors (Lipinski definition) is 2. The van der Waals surface area contributed by atoms with Gasteiger partial charge >= 0.3 is 0 Å². The van der Waals surface area contributed by atoms with Crippen LogP contribution >= 0.6 is 11.3 Å². The van der Waals surface area contributed by atoms with Gasteiger partial charge in [0, 0.05) is 37.6 Å². The zero-order chi connectivity index (χ0) is 25.0. The van der Waals surface area contributed by atoms with Gasteiger partial charge < -0.3 is 15.4 Å². The highest BCUT2D eigenvalue weighted by molar-refractivity contribution is 7.07. The van der Waals surface area contributed by atoms with Gasteiger partial charge in [0.15, 0.2) is 5.57 Å². The summed E-state index contributed by atoms with van der Waals surface area (Å²) in [7, 11) is 0. The number of benzene rings is 1. The van der Waals surface area contributed by atoms with Crippen molar-refractivity contribution in [3.8, 4) is 11.8 Å². The number of nitrogens with one attached hydrogen (secondary N) is 2. The number of carbonyl (C=O) groups is 1. The van der Waals surface area contributed by atoms with Crippen LogP contribution in [0.15, 0.2) is 40.8 Å². The lowest BCUT2D eigenvalue weighted by atomic mass is 10.1. The summed E-state index contributed by atoms with van der Waals surface area (Å²) in [6.07, 6.45) is 5.42. The first-order chi connectivity index (χ1) is 17.0. The zero-order valence-corrected chi connectivity index (χ0v) is 21.0. The lowest BCUT2D eigenvalue weighted by Crippen LogP contribution is -2.33. The zero-order valence-electron chi connectivity index (χ0n) is 20.2. The predicted octanol–water partition coefficient (Wildman–Crippen LogP) is 1.77. The molecule has 1 aliphatic rings. The van der Waals surface area contributed by atoms with Crippen LogP contribution in [0.25, 0.3) is 11.5 Å². The van der Waals surface area contributed by atoms with E-state index in [1.165, 1.54) is 23.8 Å². The van der Waals surface area contributed by atoms with E-state index in [2.05, 4.69) is 27.0 Å². The topological polar surface area (TPSA) is 99.4 Å². The highest BCUT2D eigenvalue weighted by atomic mass is 32.1. The number of carbonyl (C=O) groups excluding carboxylic acids is 1. The molecule has 184 valence electrons. The summed E-state index contributed by atoms with van der Waals surface area (Å²) in [5.74, 6) is 0.264. The van der Waals surface area contributed by atoms with Crippen molar-refractivity contribution in [2.24, 2.45) is 0 Å². The van der Waals surface area contributed by atoms with E-state index in [4.69, 9.17) is 4.74 Å². The maximum absolute atomic E-state index is 12.7. The van der Waals surface area contributed by atoms with Crippen LogP contribution in [0, 0.1) is 11.3 Å². The van der Waals surface area contributed by atoms with Gasteiger partial charge in [0.1, 0.15) is 27.6 Å². The molecule has 2 aromatic rings. The monoisotopic (exact) mass is 493 g/mol. The van der Waals surface area contributed by atoms with Crippen LogP contribution in [-0.2, 0) is 11.3 Å². The molecule has 0 unspecified atom stereocenters. The van der Waals surface area contributed by atoms with Crippen molar-refractivity contribution in [2.45, 2.75) is 39.7 Å². The Bertz CT molecular complexity index is 1320. The molecule has 0 spiro atoms. The highest BCUT2D eigenvalue weighted by Gasteiger charge is 2.10. The number of amides is 1. The third-order valence-corrected chi connectivity index (χ3v) is 6.52. The van der Waals surface area contributed by atoms with E-state index in [1.807, 2.05) is 37.3 Å². The van der Waals surface area contributed by atoms with Crippen molar-refractivity contribution < 1.29 is 9.53 Å². The van der Waals surface area contributed by atoms with E-state index in [-0.39, 0.29) is 11.1 Å². The summed E-state index contributed by atoms with van der Waals surface area (Å²) in [6.45, 7) is 8.23. The molecule has 1 fully saturated rings. The largest absolute Gasteiger partial charge is 0.492 e. The molecule has 0 aliphatic carbocycles. The number of likely N-dealkylation sites (N-methyl/N-ethyl adjacent to an activating group) is 1. The van der Waals surface area contributed by atoms with Crippen LogP contribution < -0.4 is 30.1 Å². The first-order valence-electron chi connectivity index (χ1n) is 11.9. The second-order valence-electron chi connectivity index (χ2n) is 7.97. The lowest BCUT2D eigenvalue weighted by Gasteiger charge is -2.26. The number of aromatic nitrogens is 1. The minimum absolute atomic E-state index is 0.166. The third-order valence-electron chi connectivity index (χ3n) is 5.51. The lowest BCUT2D eigenvalue weighted by molar-refractivity contribution is -0.116. The van der Waals surface area contributed by atoms with Gasteiger partial charge in [0.05, 0.1) is 0 Å². The summed E-state index contributed by atoms with van der Waals surface area (Å²) in [5.41, 5.74) is 6.16. The molecule has 1 aromatic carbocycles. The fourth-order valence-corrected chi connectivity index (χ4v) is 4.69. The number of likely N-dealkylation sites (tertiary alicyclic amines) is 1. The maximum atomic E-state index is 12.7. The molecule has 0 bridgehead atoms. The average Bonchev–Trinajstić information content (AvgIpc) is 3.17. The normalized spacial score (nSPS) is 13.2. The smallest absolute Gasteiger partial charge is 0.277 e. The van der Waals surface area contributed by atoms with Crippen LogP contribution in [0.5, 0.6) is 5.75 Å². The van der Waals surface area contributed by atoms with E-state index in [1.54, 1.807) is 13.1 Å². The Morgan fingerprint density at radius 1 is 1.26 bits per heavy atom. The fraction of sp³-hybridized carbons (Fsp3) is 0.423. The molecule has 8 nitrogen and oxygen atoms in total. The van der Waals surface area contributed by atoms with E-state index >= 15 is 0 Å². The third kappa shape index (κ3) is 7.48. The molecule has 1 amide bonds. The van der Waals surface area contributed by atoms with Crippen LogP contribution in [0.3, 0.4) is 0 Å². The van der Waals surface area contributed by atoms with E-state index in [0.29, 0.717) is 28.9 Å².